The van der Waals surface area contributed by atoms with Crippen LogP contribution in [0, 0.1) is 5.82 Å². The Morgan fingerprint density at radius 2 is 1.60 bits per heavy atom. The van der Waals surface area contributed by atoms with Crippen molar-refractivity contribution in [1.82, 2.24) is 10.2 Å². The molecule has 1 aliphatic heterocycles. The second kappa shape index (κ2) is 9.70. The Hall–Kier alpha value is -4.00. The summed E-state index contributed by atoms with van der Waals surface area (Å²) < 4.78 is 13.8. The molecule has 4 rings (SSSR count). The van der Waals surface area contributed by atoms with Crippen LogP contribution in [0.25, 0.3) is 0 Å². The zero-order valence-corrected chi connectivity index (χ0v) is 20.3. The van der Waals surface area contributed by atoms with E-state index >= 15 is 0 Å². The van der Waals surface area contributed by atoms with Crippen molar-refractivity contribution in [2.24, 2.45) is 4.99 Å². The first-order chi connectivity index (χ1) is 16.7. The highest BCUT2D eigenvalue weighted by Crippen LogP contribution is 2.37. The molecule has 1 aliphatic rings. The number of guanidine groups is 1. The molecule has 180 valence electrons. The Labute approximate surface area is 205 Å². The van der Waals surface area contributed by atoms with E-state index in [0.717, 1.165) is 5.56 Å². The van der Waals surface area contributed by atoms with Gasteiger partial charge in [0.2, 0.25) is 11.9 Å². The fourth-order valence-electron chi connectivity index (χ4n) is 4.12. The molecule has 0 aromatic heterocycles. The zero-order valence-electron chi connectivity index (χ0n) is 20.3. The Morgan fingerprint density at radius 1 is 0.971 bits per heavy atom. The highest BCUT2D eigenvalue weighted by atomic mass is 19.1. The van der Waals surface area contributed by atoms with Crippen molar-refractivity contribution >= 4 is 29.1 Å². The number of rotatable bonds is 4. The number of aliphatic imine (C=N–C) groups is 1. The van der Waals surface area contributed by atoms with Crippen LogP contribution >= 0.6 is 0 Å². The average molecular weight is 473 g/mol. The maximum Gasteiger partial charge on any atom is 0.265 e. The molecule has 35 heavy (non-hydrogen) atoms. The van der Waals surface area contributed by atoms with Gasteiger partial charge >= 0.3 is 0 Å². The van der Waals surface area contributed by atoms with Crippen LogP contribution in [-0.2, 0) is 4.79 Å². The summed E-state index contributed by atoms with van der Waals surface area (Å²) in [6.07, 6.45) is 0. The van der Waals surface area contributed by atoms with E-state index in [9.17, 15) is 14.0 Å². The van der Waals surface area contributed by atoms with Crippen LogP contribution in [0.15, 0.2) is 83.9 Å². The zero-order chi connectivity index (χ0) is 25.2. The van der Waals surface area contributed by atoms with Crippen LogP contribution in [0.2, 0.25) is 0 Å². The standard InChI is InChI=1S/C28H29FN4O2/c1-5-32-24(25(34)31-28(2,3)4)22-13-9-10-14-23(22)30-27(32)33(21-17-15-20(29)16-18-21)26(35)19-11-7-6-8-12-19/h6-18,24H,5H2,1-4H3,(H,31,34). The quantitative estimate of drug-likeness (QED) is 0.549. The highest BCUT2D eigenvalue weighted by molar-refractivity contribution is 6.23. The number of nitrogens with zero attached hydrogens (tertiary/aromatic N) is 3. The number of carbonyl (C=O) groups excluding carboxylic acids is 2. The van der Waals surface area contributed by atoms with Gasteiger partial charge in [-0.05, 0) is 70.2 Å². The molecule has 3 aromatic rings. The third-order valence-corrected chi connectivity index (χ3v) is 5.62. The Bertz CT molecular complexity index is 1250. The summed E-state index contributed by atoms with van der Waals surface area (Å²) in [6.45, 7) is 8.10. The van der Waals surface area contributed by atoms with Gasteiger partial charge in [0.1, 0.15) is 11.9 Å². The van der Waals surface area contributed by atoms with Gasteiger partial charge in [-0.25, -0.2) is 14.3 Å². The third-order valence-electron chi connectivity index (χ3n) is 5.62. The maximum atomic E-state index is 13.8. The minimum Gasteiger partial charge on any atom is -0.349 e. The summed E-state index contributed by atoms with van der Waals surface area (Å²) in [5, 5.41) is 3.07. The maximum absolute atomic E-state index is 13.8. The Balaban J connectivity index is 1.90. The van der Waals surface area contributed by atoms with E-state index in [0.29, 0.717) is 29.4 Å². The van der Waals surface area contributed by atoms with Crippen molar-refractivity contribution in [2.75, 3.05) is 11.4 Å². The minimum atomic E-state index is -0.700. The summed E-state index contributed by atoms with van der Waals surface area (Å²) in [4.78, 5) is 35.5. The number of likely N-dealkylation sites (N-methyl/N-ethyl adjacent to an activating group) is 1. The molecule has 6 nitrogen and oxygen atoms in total. The lowest BCUT2D eigenvalue weighted by molar-refractivity contribution is -0.126. The first-order valence-corrected chi connectivity index (χ1v) is 11.6. The molecule has 0 radical (unpaired) electrons. The molecule has 2 amide bonds. The normalized spacial score (nSPS) is 15.2. The van der Waals surface area contributed by atoms with Crippen LogP contribution in [-0.4, -0.2) is 34.8 Å². The molecular weight excluding hydrogens is 443 g/mol. The van der Waals surface area contributed by atoms with Crippen LogP contribution in [0.3, 0.4) is 0 Å². The smallest absolute Gasteiger partial charge is 0.265 e. The van der Waals surface area contributed by atoms with Gasteiger partial charge in [-0.3, -0.25) is 9.59 Å². The van der Waals surface area contributed by atoms with Gasteiger partial charge in [-0.1, -0.05) is 36.4 Å². The van der Waals surface area contributed by atoms with E-state index < -0.39 is 17.4 Å². The van der Waals surface area contributed by atoms with Crippen LogP contribution in [0.5, 0.6) is 0 Å². The number of benzene rings is 3. The van der Waals surface area contributed by atoms with E-state index in [1.54, 1.807) is 24.3 Å². The van der Waals surface area contributed by atoms with Crippen LogP contribution in [0.1, 0.15) is 49.7 Å². The second-order valence-electron chi connectivity index (χ2n) is 9.38. The number of nitrogens with one attached hydrogen (secondary N) is 1. The molecule has 1 atom stereocenters. The predicted molar refractivity (Wildman–Crippen MR) is 136 cm³/mol. The molecule has 7 heteroatoms. The lowest BCUT2D eigenvalue weighted by atomic mass is 9.98. The first kappa shape index (κ1) is 24.1. The molecule has 1 N–H and O–H groups in total. The van der Waals surface area contributed by atoms with Crippen LogP contribution < -0.4 is 10.2 Å². The van der Waals surface area contributed by atoms with E-state index in [4.69, 9.17) is 4.99 Å². The second-order valence-corrected chi connectivity index (χ2v) is 9.38. The summed E-state index contributed by atoms with van der Waals surface area (Å²) in [5.74, 6) is -0.624. The molecule has 1 heterocycles. The van der Waals surface area contributed by atoms with Crippen LogP contribution in [0.4, 0.5) is 15.8 Å². The molecule has 0 aliphatic carbocycles. The van der Waals surface area contributed by atoms with Crippen molar-refractivity contribution in [3.8, 4) is 0 Å². The van der Waals surface area contributed by atoms with E-state index in [1.807, 2.05) is 62.9 Å². The van der Waals surface area contributed by atoms with Crippen molar-refractivity contribution in [3.63, 3.8) is 0 Å². The summed E-state index contributed by atoms with van der Waals surface area (Å²) in [5.41, 5.74) is 1.81. The van der Waals surface area contributed by atoms with E-state index in [-0.39, 0.29) is 11.8 Å². The fraction of sp³-hybridized carbons (Fsp3) is 0.250. The number of hydrogen-bond acceptors (Lipinski definition) is 4. The summed E-state index contributed by atoms with van der Waals surface area (Å²) in [6, 6.07) is 21.3. The summed E-state index contributed by atoms with van der Waals surface area (Å²) >= 11 is 0. The van der Waals surface area contributed by atoms with Gasteiger partial charge in [-0.2, -0.15) is 0 Å². The summed E-state index contributed by atoms with van der Waals surface area (Å²) in [7, 11) is 0. The molecule has 0 spiro atoms. The number of amides is 2. The van der Waals surface area contributed by atoms with E-state index in [1.165, 1.54) is 29.2 Å². The lowest BCUT2D eigenvalue weighted by Crippen LogP contribution is -2.55. The van der Waals surface area contributed by atoms with Crippen molar-refractivity contribution in [1.29, 1.82) is 0 Å². The minimum absolute atomic E-state index is 0.189. The van der Waals surface area contributed by atoms with Gasteiger partial charge in [0.05, 0.1) is 11.4 Å². The average Bonchev–Trinajstić information content (AvgIpc) is 2.83. The number of fused-ring (bicyclic) bond motifs is 1. The molecule has 1 unspecified atom stereocenters. The number of anilines is 1. The number of hydrogen-bond donors (Lipinski definition) is 1. The van der Waals surface area contributed by atoms with Gasteiger partial charge in [0.25, 0.3) is 5.91 Å². The lowest BCUT2D eigenvalue weighted by Gasteiger charge is -2.41. The molecule has 0 saturated heterocycles. The van der Waals surface area contributed by atoms with Gasteiger partial charge in [0.15, 0.2) is 0 Å². The SMILES string of the molecule is CCN1C(N(C(=O)c2ccccc2)c2ccc(F)cc2)=Nc2ccccc2C1C(=O)NC(C)(C)C. The van der Waals surface area contributed by atoms with Crippen molar-refractivity contribution in [2.45, 2.75) is 39.3 Å². The Kier molecular flexibility index (Phi) is 6.69. The van der Waals surface area contributed by atoms with Crippen molar-refractivity contribution < 1.29 is 14.0 Å². The fourth-order valence-corrected chi connectivity index (χ4v) is 4.12. The monoisotopic (exact) mass is 472 g/mol. The molecular formula is C28H29FN4O2. The molecule has 3 aromatic carbocycles. The first-order valence-electron chi connectivity index (χ1n) is 11.6. The van der Waals surface area contributed by atoms with Gasteiger partial charge < -0.3 is 10.2 Å². The van der Waals surface area contributed by atoms with Gasteiger partial charge in [0, 0.05) is 23.2 Å². The van der Waals surface area contributed by atoms with Crippen molar-refractivity contribution in [3.05, 3.63) is 95.8 Å². The third kappa shape index (κ3) is 5.09. The molecule has 0 saturated carbocycles. The Morgan fingerprint density at radius 3 is 2.23 bits per heavy atom. The number of carbonyl (C=O) groups is 2. The number of para-hydroxylation sites is 1. The topological polar surface area (TPSA) is 65.0 Å². The largest absolute Gasteiger partial charge is 0.349 e. The molecule has 0 bridgehead atoms. The molecule has 0 fully saturated rings. The predicted octanol–water partition coefficient (Wildman–Crippen LogP) is 5.45. The van der Waals surface area contributed by atoms with E-state index in [2.05, 4.69) is 5.32 Å². The number of halogens is 1. The van der Waals surface area contributed by atoms with Gasteiger partial charge in [-0.15, -0.1) is 0 Å². The highest BCUT2D eigenvalue weighted by Gasteiger charge is 2.39.